The van der Waals surface area contributed by atoms with Gasteiger partial charge >= 0.3 is 0 Å². The van der Waals surface area contributed by atoms with Crippen molar-refractivity contribution in [2.45, 2.75) is 47.8 Å². The molecule has 0 saturated heterocycles. The Labute approximate surface area is 399 Å². The largest absolute Gasteiger partial charge is 0.506 e. The lowest BCUT2D eigenvalue weighted by Crippen LogP contribution is -2.42. The number of imidazole rings is 1. The van der Waals surface area contributed by atoms with Crippen LogP contribution in [0.2, 0.25) is 5.02 Å². The molecule has 7 aromatic rings. The van der Waals surface area contributed by atoms with Crippen molar-refractivity contribution in [3.05, 3.63) is 141 Å². The Morgan fingerprint density at radius 2 is 1.65 bits per heavy atom. The number of aryl methyl sites for hydroxylation is 1. The van der Waals surface area contributed by atoms with Crippen LogP contribution in [0, 0.1) is 23.0 Å². The number of nitro groups is 1. The molecule has 5 heterocycles. The van der Waals surface area contributed by atoms with Gasteiger partial charge in [0, 0.05) is 57.7 Å². The fourth-order valence-corrected chi connectivity index (χ4v) is 10.5. The van der Waals surface area contributed by atoms with E-state index in [0.717, 1.165) is 58.4 Å². The molecule has 65 heavy (non-hydrogen) atoms. The molecule has 0 radical (unpaired) electrons. The molecule has 0 amide bonds. The molecule has 5 aromatic carbocycles. The van der Waals surface area contributed by atoms with Crippen LogP contribution in [0.3, 0.4) is 0 Å². The predicted octanol–water partition coefficient (Wildman–Crippen LogP) is 10.8. The molecule has 0 bridgehead atoms. The monoisotopic (exact) mass is 983 g/mol. The number of fused-ring (bicyclic) bond motifs is 4. The van der Waals surface area contributed by atoms with Gasteiger partial charge in [0.15, 0.2) is 9.94 Å². The zero-order valence-corrected chi connectivity index (χ0v) is 38.6. The van der Waals surface area contributed by atoms with Crippen molar-refractivity contribution in [3.63, 3.8) is 0 Å². The number of aromatic hydroxyl groups is 3. The lowest BCUT2D eigenvalue weighted by Gasteiger charge is -2.40. The summed E-state index contributed by atoms with van der Waals surface area (Å²) in [6.07, 6.45) is 5.88. The third-order valence-electron chi connectivity index (χ3n) is 10.7. The summed E-state index contributed by atoms with van der Waals surface area (Å²) in [6, 6.07) is 25.6. The van der Waals surface area contributed by atoms with E-state index in [2.05, 4.69) is 38.1 Å². The number of thiocarbonyl (C=S) groups is 3. The quantitative estimate of drug-likeness (QED) is 0.0302. The Bertz CT molecular complexity index is 3070. The molecule has 3 aliphatic heterocycles. The number of anilines is 3. The van der Waals surface area contributed by atoms with E-state index in [1.165, 1.54) is 29.5 Å². The predicted molar refractivity (Wildman–Crippen MR) is 261 cm³/mol. The summed E-state index contributed by atoms with van der Waals surface area (Å²) in [7, 11) is 0. The summed E-state index contributed by atoms with van der Waals surface area (Å²) in [5, 5.41) is 51.8. The van der Waals surface area contributed by atoms with Crippen LogP contribution in [0.25, 0.3) is 15.9 Å². The molecule has 1 saturated carbocycles. The number of rotatable bonds is 6. The van der Waals surface area contributed by atoms with E-state index in [9.17, 15) is 25.4 Å². The molecule has 1 unspecified atom stereocenters. The standard InChI is InChI=1S/C17H14ClNOS.C15H9N3O5S3.C12H11N3O2S/c18-13-8-9-15-14(10-13)17(12-6-7-12,20-16(21)19-15)11-4-2-1-3-5-11;19-9-4-11(13(20)7-5-23-14(24)17-12(7)9)26-15-16-8-2-1-6(18(21)22)3-10(8)25-15;1-7-4-15(6-13-7)9-2-8-5-17-12(18)14-11(8)10(16)3-9/h1-5,8-10,12H,6-7H2,(H,19,21);1-4,19-20H,5H2,(H,17,24);2-4,6,16H,5H2,1H3,(H,14,18). The topological polar surface area (TPSA) is 198 Å². The Kier molecular flexibility index (Phi) is 12.1. The van der Waals surface area contributed by atoms with E-state index in [4.69, 9.17) is 62.5 Å². The minimum atomic E-state index is -0.510. The number of halogens is 1. The summed E-state index contributed by atoms with van der Waals surface area (Å²) in [6.45, 7) is 2.31. The van der Waals surface area contributed by atoms with Gasteiger partial charge in [-0.3, -0.25) is 10.1 Å². The fraction of sp³-hybridized carbons (Fsp3) is 0.159. The van der Waals surface area contributed by atoms with Crippen LogP contribution in [0.15, 0.2) is 107 Å². The molecule has 15 nitrogen and oxygen atoms in total. The number of ether oxygens (including phenoxy) is 3. The molecule has 1 aliphatic carbocycles. The third kappa shape index (κ3) is 9.05. The third-order valence-corrected chi connectivity index (χ3v) is 13.7. The highest BCUT2D eigenvalue weighted by molar-refractivity contribution is 8.01. The summed E-state index contributed by atoms with van der Waals surface area (Å²) < 4.78 is 19.8. The first-order chi connectivity index (χ1) is 31.2. The molecule has 1 fully saturated rings. The number of phenolic OH excluding ortho intramolecular Hbond substituents is 3. The number of nitrogens with zero attached hydrogens (tertiary/aromatic N) is 4. The van der Waals surface area contributed by atoms with E-state index in [0.29, 0.717) is 59.1 Å². The number of nitrogens with one attached hydrogen (secondary N) is 3. The minimum Gasteiger partial charge on any atom is -0.506 e. The molecule has 21 heteroatoms. The molecule has 4 aliphatic rings. The van der Waals surface area contributed by atoms with Crippen molar-refractivity contribution in [2.24, 2.45) is 5.92 Å². The summed E-state index contributed by atoms with van der Waals surface area (Å²) >= 11 is 23.8. The number of non-ortho nitro benzene ring substituents is 1. The molecular formula is C44H34ClN7O8S5. The first-order valence-corrected chi connectivity index (χ1v) is 22.9. The number of phenols is 3. The number of thiazole rings is 1. The normalized spacial score (nSPS) is 16.8. The highest BCUT2D eigenvalue weighted by Crippen LogP contribution is 2.56. The molecule has 330 valence electrons. The molecular weight excluding hydrogens is 950 g/mol. The van der Waals surface area contributed by atoms with Gasteiger partial charge in [-0.2, -0.15) is 0 Å². The van der Waals surface area contributed by atoms with E-state index >= 15 is 0 Å². The molecule has 11 rings (SSSR count). The van der Waals surface area contributed by atoms with Gasteiger partial charge < -0.3 is 50.0 Å². The second-order valence-corrected chi connectivity index (χ2v) is 18.9. The number of hydrogen-bond donors (Lipinski definition) is 6. The molecule has 2 aromatic heterocycles. The number of nitro benzene ring substituents is 1. The maximum Gasteiger partial charge on any atom is 0.270 e. The van der Waals surface area contributed by atoms with Crippen LogP contribution in [-0.2, 0) is 33.0 Å². The maximum atomic E-state index is 10.9. The van der Waals surface area contributed by atoms with Gasteiger partial charge in [-0.25, -0.2) is 9.97 Å². The van der Waals surface area contributed by atoms with Gasteiger partial charge in [0.25, 0.3) is 21.2 Å². The lowest BCUT2D eigenvalue weighted by molar-refractivity contribution is -0.384. The van der Waals surface area contributed by atoms with Crippen LogP contribution in [0.1, 0.15) is 40.8 Å². The Morgan fingerprint density at radius 1 is 0.908 bits per heavy atom. The van der Waals surface area contributed by atoms with Crippen molar-refractivity contribution >= 4 is 120 Å². The number of hydrogen-bond acceptors (Lipinski definition) is 15. The summed E-state index contributed by atoms with van der Waals surface area (Å²) in [5.74, 6) is 0.488. The van der Waals surface area contributed by atoms with Gasteiger partial charge in [0.2, 0.25) is 0 Å². The van der Waals surface area contributed by atoms with Gasteiger partial charge in [-0.1, -0.05) is 53.7 Å². The molecule has 1 atom stereocenters. The lowest BCUT2D eigenvalue weighted by atomic mass is 9.80. The van der Waals surface area contributed by atoms with Gasteiger partial charge in [-0.15, -0.1) is 11.3 Å². The van der Waals surface area contributed by atoms with Crippen molar-refractivity contribution in [1.29, 1.82) is 0 Å². The summed E-state index contributed by atoms with van der Waals surface area (Å²) in [5.41, 5.74) is 7.28. The average molecular weight is 985 g/mol. The maximum absolute atomic E-state index is 10.9. The van der Waals surface area contributed by atoms with Crippen molar-refractivity contribution in [3.8, 4) is 22.9 Å². The highest BCUT2D eigenvalue weighted by atomic mass is 35.5. The van der Waals surface area contributed by atoms with Gasteiger partial charge in [-0.05, 0) is 92.8 Å². The number of benzene rings is 5. The first kappa shape index (κ1) is 43.9. The van der Waals surface area contributed by atoms with Crippen LogP contribution in [-0.4, -0.2) is 50.3 Å². The Morgan fingerprint density at radius 3 is 2.37 bits per heavy atom. The van der Waals surface area contributed by atoms with Crippen LogP contribution >= 0.6 is 71.4 Å². The molecule has 0 spiro atoms. The first-order valence-electron chi connectivity index (χ1n) is 19.7. The minimum absolute atomic E-state index is 0.00818. The average Bonchev–Trinajstić information content (AvgIpc) is 3.93. The Hall–Kier alpha value is -6.29. The highest BCUT2D eigenvalue weighted by Gasteiger charge is 2.53. The zero-order valence-electron chi connectivity index (χ0n) is 33.7. The smallest absolute Gasteiger partial charge is 0.270 e. The van der Waals surface area contributed by atoms with E-state index in [1.54, 1.807) is 18.5 Å². The van der Waals surface area contributed by atoms with E-state index in [1.807, 2.05) is 60.2 Å². The summed E-state index contributed by atoms with van der Waals surface area (Å²) in [4.78, 5) is 19.4. The van der Waals surface area contributed by atoms with Crippen LogP contribution in [0.4, 0.5) is 22.7 Å². The van der Waals surface area contributed by atoms with Crippen LogP contribution < -0.4 is 16.0 Å². The van der Waals surface area contributed by atoms with Crippen molar-refractivity contribution < 1.29 is 34.5 Å². The van der Waals surface area contributed by atoms with Gasteiger partial charge in [0.05, 0.1) is 54.7 Å². The number of aromatic nitrogens is 3. The Balaban J connectivity index is 0.000000125. The van der Waals surface area contributed by atoms with Gasteiger partial charge in [0.1, 0.15) is 30.5 Å². The second-order valence-electron chi connectivity index (χ2n) is 15.0. The SMILES string of the molecule is Cc1cn(-c2cc(O)c3c(c2)COC(=S)N3)cn1.O=[N+]([O-])c1ccc2nc(Sc3cc(O)c4c(c3O)COC(=S)N4)sc2c1.S=C1Nc2ccc(Cl)cc2C(c2ccccc2)(C2CC2)O1. The second kappa shape index (κ2) is 17.9. The molecule has 6 N–H and O–H groups in total. The van der Waals surface area contributed by atoms with E-state index < -0.39 is 10.5 Å². The fourth-order valence-electron chi connectivity index (χ4n) is 7.58. The van der Waals surface area contributed by atoms with Crippen molar-refractivity contribution in [1.82, 2.24) is 14.5 Å². The van der Waals surface area contributed by atoms with Crippen LogP contribution in [0.5, 0.6) is 17.2 Å². The van der Waals surface area contributed by atoms with Crippen molar-refractivity contribution in [2.75, 3.05) is 16.0 Å². The van der Waals surface area contributed by atoms with E-state index in [-0.39, 0.29) is 39.9 Å². The zero-order chi connectivity index (χ0) is 45.6.